The largest absolute Gasteiger partial charge is 0.494 e. The molecule has 0 fully saturated rings. The molecule has 0 atom stereocenters. The van der Waals surface area contributed by atoms with Crippen LogP contribution in [0.25, 0.3) is 0 Å². The van der Waals surface area contributed by atoms with Gasteiger partial charge in [0.2, 0.25) is 0 Å². The van der Waals surface area contributed by atoms with Gasteiger partial charge in [-0.05, 0) is 74.0 Å². The number of nitrogens with zero attached hydrogens (tertiary/aromatic N) is 1. The molecule has 0 amide bonds. The van der Waals surface area contributed by atoms with Crippen molar-refractivity contribution < 1.29 is 19.1 Å². The Morgan fingerprint density at radius 2 is 1.44 bits per heavy atom. The van der Waals surface area contributed by atoms with E-state index >= 15 is 0 Å². The molecule has 5 heteroatoms. The van der Waals surface area contributed by atoms with Crippen molar-refractivity contribution in [1.29, 1.82) is 0 Å². The van der Waals surface area contributed by atoms with Gasteiger partial charge in [0, 0.05) is 17.3 Å². The van der Waals surface area contributed by atoms with E-state index in [1.165, 1.54) is 19.3 Å². The highest BCUT2D eigenvalue weighted by molar-refractivity contribution is 5.94. The van der Waals surface area contributed by atoms with Crippen LogP contribution in [0.1, 0.15) is 95.4 Å². The quantitative estimate of drug-likeness (QED) is 0.159. The van der Waals surface area contributed by atoms with Crippen LogP contribution in [-0.2, 0) is 0 Å². The standard InChI is InChI=1S/C14H20O2.C12H9NO2.2C2H6.CH4/c1-3-4-5-6-11-16-14-9-7-13(8-10-14)12(2)15;14-9-10-3-5-11(6-4-10)15-12-2-1-7-13-8-12;2*1-2;/h7-10H,3-6,11H2,1-2H3;1-9H;2*1-2H3;1H4. The van der Waals surface area contributed by atoms with Gasteiger partial charge in [0.05, 0.1) is 12.8 Å². The van der Waals surface area contributed by atoms with Crippen LogP contribution in [0.5, 0.6) is 17.2 Å². The Bertz CT molecular complexity index is 908. The fraction of sp³-hybridized carbons (Fsp3) is 0.387. The lowest BCUT2D eigenvalue weighted by Crippen LogP contribution is -1.98. The highest BCUT2D eigenvalue weighted by Gasteiger charge is 1.99. The zero-order valence-electron chi connectivity index (χ0n) is 22.1. The van der Waals surface area contributed by atoms with E-state index in [2.05, 4.69) is 11.9 Å². The molecule has 0 N–H and O–H groups in total. The van der Waals surface area contributed by atoms with Crippen molar-refractivity contribution in [2.45, 2.75) is 74.7 Å². The number of aromatic nitrogens is 1. The summed E-state index contributed by atoms with van der Waals surface area (Å²) in [7, 11) is 0. The van der Waals surface area contributed by atoms with E-state index in [0.717, 1.165) is 30.6 Å². The summed E-state index contributed by atoms with van der Waals surface area (Å²) in [6.45, 7) is 12.5. The summed E-state index contributed by atoms with van der Waals surface area (Å²) in [6, 6.07) is 17.9. The molecule has 36 heavy (non-hydrogen) atoms. The van der Waals surface area contributed by atoms with E-state index in [9.17, 15) is 9.59 Å². The van der Waals surface area contributed by atoms with Crippen LogP contribution in [0.15, 0.2) is 73.1 Å². The van der Waals surface area contributed by atoms with Gasteiger partial charge in [-0.25, -0.2) is 0 Å². The monoisotopic (exact) mass is 495 g/mol. The lowest BCUT2D eigenvalue weighted by molar-refractivity contribution is 0.101. The second kappa shape index (κ2) is 23.3. The third kappa shape index (κ3) is 15.4. The van der Waals surface area contributed by atoms with E-state index in [0.29, 0.717) is 17.1 Å². The highest BCUT2D eigenvalue weighted by atomic mass is 16.5. The number of benzene rings is 2. The minimum Gasteiger partial charge on any atom is -0.494 e. The maximum atomic E-state index is 11.0. The van der Waals surface area contributed by atoms with Gasteiger partial charge < -0.3 is 9.47 Å². The third-order valence-corrected chi connectivity index (χ3v) is 4.41. The molecule has 3 rings (SSSR count). The summed E-state index contributed by atoms with van der Waals surface area (Å²) < 4.78 is 11.1. The summed E-state index contributed by atoms with van der Waals surface area (Å²) >= 11 is 0. The van der Waals surface area contributed by atoms with E-state index in [4.69, 9.17) is 9.47 Å². The molecule has 198 valence electrons. The molecule has 0 aliphatic heterocycles. The van der Waals surface area contributed by atoms with Crippen molar-refractivity contribution in [1.82, 2.24) is 4.98 Å². The van der Waals surface area contributed by atoms with Crippen molar-refractivity contribution in [3.05, 3.63) is 84.2 Å². The number of pyridine rings is 1. The number of unbranched alkanes of at least 4 members (excludes halogenated alkanes) is 3. The number of hydrogen-bond acceptors (Lipinski definition) is 5. The lowest BCUT2D eigenvalue weighted by Gasteiger charge is -2.06. The maximum absolute atomic E-state index is 11.0. The van der Waals surface area contributed by atoms with Crippen LogP contribution >= 0.6 is 0 Å². The fourth-order valence-corrected chi connectivity index (χ4v) is 2.66. The molecule has 0 saturated carbocycles. The maximum Gasteiger partial charge on any atom is 0.159 e. The number of Topliss-reactive ketones (excluding diaryl/α,β-unsaturated/α-hetero) is 1. The number of carbonyl (C=O) groups excluding carboxylic acids is 2. The molecule has 0 radical (unpaired) electrons. The third-order valence-electron chi connectivity index (χ3n) is 4.41. The molecular weight excluding hydrogens is 450 g/mol. The molecule has 2 aromatic carbocycles. The van der Waals surface area contributed by atoms with Crippen LogP contribution in [0.4, 0.5) is 0 Å². The van der Waals surface area contributed by atoms with Gasteiger partial charge in [-0.15, -0.1) is 0 Å². The first-order chi connectivity index (χ1) is 17.1. The van der Waals surface area contributed by atoms with Crippen molar-refractivity contribution in [2.24, 2.45) is 0 Å². The molecule has 3 aromatic rings. The predicted octanol–water partition coefficient (Wildman–Crippen LogP) is 9.22. The Kier molecular flexibility index (Phi) is 22.4. The molecule has 0 aliphatic carbocycles. The van der Waals surface area contributed by atoms with Crippen LogP contribution in [0, 0.1) is 0 Å². The average Bonchev–Trinajstić information content (AvgIpc) is 2.92. The van der Waals surface area contributed by atoms with Gasteiger partial charge in [0.25, 0.3) is 0 Å². The summed E-state index contributed by atoms with van der Waals surface area (Å²) in [5, 5.41) is 0. The normalized spacial score (nSPS) is 8.83. The number of rotatable bonds is 10. The molecule has 0 unspecified atom stereocenters. The van der Waals surface area contributed by atoms with Crippen molar-refractivity contribution in [3.8, 4) is 17.2 Å². The number of ketones is 1. The van der Waals surface area contributed by atoms with Crippen LogP contribution in [0.2, 0.25) is 0 Å². The van der Waals surface area contributed by atoms with Gasteiger partial charge in [0.1, 0.15) is 23.5 Å². The Balaban J connectivity index is 0. The topological polar surface area (TPSA) is 65.5 Å². The van der Waals surface area contributed by atoms with Crippen LogP contribution in [-0.4, -0.2) is 23.7 Å². The second-order valence-corrected chi connectivity index (χ2v) is 6.97. The SMILES string of the molecule is C.CC.CC.CCCCCCOc1ccc(C(C)=O)cc1.O=Cc1ccc(Oc2cccnc2)cc1. The highest BCUT2D eigenvalue weighted by Crippen LogP contribution is 2.19. The van der Waals surface area contributed by atoms with Crippen LogP contribution in [0.3, 0.4) is 0 Å². The molecule has 5 nitrogen and oxygen atoms in total. The van der Waals surface area contributed by atoms with Crippen molar-refractivity contribution in [2.75, 3.05) is 6.61 Å². The van der Waals surface area contributed by atoms with Gasteiger partial charge in [0.15, 0.2) is 5.78 Å². The van der Waals surface area contributed by atoms with Gasteiger partial charge >= 0.3 is 0 Å². The minimum atomic E-state index is 0. The molecule has 0 aliphatic rings. The van der Waals surface area contributed by atoms with Crippen LogP contribution < -0.4 is 9.47 Å². The second-order valence-electron chi connectivity index (χ2n) is 6.97. The smallest absolute Gasteiger partial charge is 0.159 e. The Hall–Kier alpha value is -3.47. The number of ether oxygens (including phenoxy) is 2. The van der Waals surface area contributed by atoms with Crippen molar-refractivity contribution >= 4 is 12.1 Å². The average molecular weight is 496 g/mol. The zero-order valence-corrected chi connectivity index (χ0v) is 22.1. The number of hydrogen-bond donors (Lipinski definition) is 0. The Morgan fingerprint density at radius 1 is 0.833 bits per heavy atom. The van der Waals surface area contributed by atoms with Crippen molar-refractivity contribution in [3.63, 3.8) is 0 Å². The van der Waals surface area contributed by atoms with Gasteiger partial charge in [-0.3, -0.25) is 14.6 Å². The first-order valence-electron chi connectivity index (χ1n) is 12.5. The molecule has 1 heterocycles. The Labute approximate surface area is 218 Å². The van der Waals surface area contributed by atoms with Gasteiger partial charge in [-0.1, -0.05) is 61.3 Å². The summed E-state index contributed by atoms with van der Waals surface area (Å²) in [6.07, 6.45) is 8.95. The minimum absolute atomic E-state index is 0. The Morgan fingerprint density at radius 3 is 1.94 bits per heavy atom. The molecule has 0 saturated heterocycles. The van der Waals surface area contributed by atoms with E-state index < -0.39 is 0 Å². The molecule has 0 bridgehead atoms. The molecular formula is C31H45NO4. The lowest BCUT2D eigenvalue weighted by atomic mass is 10.1. The van der Waals surface area contributed by atoms with Gasteiger partial charge in [-0.2, -0.15) is 0 Å². The van der Waals surface area contributed by atoms with E-state index in [1.54, 1.807) is 49.6 Å². The number of carbonyl (C=O) groups is 2. The van der Waals surface area contributed by atoms with E-state index in [1.807, 2.05) is 58.0 Å². The summed E-state index contributed by atoms with van der Waals surface area (Å²) in [5.74, 6) is 2.31. The fourth-order valence-electron chi connectivity index (χ4n) is 2.66. The molecule has 1 aromatic heterocycles. The number of aldehydes is 1. The predicted molar refractivity (Wildman–Crippen MR) is 152 cm³/mol. The first kappa shape index (κ1) is 34.7. The first-order valence-corrected chi connectivity index (χ1v) is 12.5. The molecule has 0 spiro atoms. The summed E-state index contributed by atoms with van der Waals surface area (Å²) in [5.41, 5.74) is 1.37. The summed E-state index contributed by atoms with van der Waals surface area (Å²) in [4.78, 5) is 25.4. The zero-order chi connectivity index (χ0) is 26.3. The van der Waals surface area contributed by atoms with E-state index in [-0.39, 0.29) is 13.2 Å².